The molecule has 2 N–H and O–H groups in total. The number of hydrogen-bond donors (Lipinski definition) is 1. The Hall–Kier alpha value is -1.10. The Labute approximate surface area is 123 Å². The van der Waals surface area contributed by atoms with E-state index in [-0.39, 0.29) is 24.1 Å². The van der Waals surface area contributed by atoms with Crippen molar-refractivity contribution in [3.05, 3.63) is 34.9 Å². The van der Waals surface area contributed by atoms with Gasteiger partial charge in [0.15, 0.2) is 0 Å². The maximum atomic E-state index is 12.2. The lowest BCUT2D eigenvalue weighted by Gasteiger charge is -2.29. The molecule has 2 fully saturated rings. The van der Waals surface area contributed by atoms with Gasteiger partial charge in [-0.15, -0.1) is 0 Å². The molecule has 108 valence electrons. The standard InChI is InChI=1S/C15H19ClN2O2/c16-12-6-2-1-5-11(12)15-13(17)8-14(19)18(15)9-10-4-3-7-20-10/h1-2,5-6,10,13,15H,3-4,7-9,17H2. The minimum absolute atomic E-state index is 0.0953. The summed E-state index contributed by atoms with van der Waals surface area (Å²) >= 11 is 6.27. The fraction of sp³-hybridized carbons (Fsp3) is 0.533. The summed E-state index contributed by atoms with van der Waals surface area (Å²) in [5, 5.41) is 0.667. The number of hydrogen-bond acceptors (Lipinski definition) is 3. The average Bonchev–Trinajstić information content (AvgIpc) is 3.01. The topological polar surface area (TPSA) is 55.6 Å². The smallest absolute Gasteiger partial charge is 0.224 e. The molecule has 1 aromatic rings. The SMILES string of the molecule is NC1CC(=O)N(CC2CCCO2)C1c1ccccc1Cl. The van der Waals surface area contributed by atoms with E-state index in [2.05, 4.69) is 0 Å². The van der Waals surface area contributed by atoms with Crippen LogP contribution in [0.4, 0.5) is 0 Å². The molecule has 2 aliphatic rings. The van der Waals surface area contributed by atoms with Crippen molar-refractivity contribution in [1.29, 1.82) is 0 Å². The predicted octanol–water partition coefficient (Wildman–Crippen LogP) is 2.12. The molecule has 0 spiro atoms. The molecule has 4 nitrogen and oxygen atoms in total. The van der Waals surface area contributed by atoms with E-state index < -0.39 is 0 Å². The maximum Gasteiger partial charge on any atom is 0.224 e. The summed E-state index contributed by atoms with van der Waals surface area (Å²) in [6.07, 6.45) is 2.58. The lowest BCUT2D eigenvalue weighted by atomic mass is 10.0. The van der Waals surface area contributed by atoms with E-state index in [0.29, 0.717) is 18.0 Å². The number of nitrogens with two attached hydrogens (primary N) is 1. The summed E-state index contributed by atoms with van der Waals surface area (Å²) in [4.78, 5) is 14.1. The van der Waals surface area contributed by atoms with E-state index in [1.54, 1.807) is 0 Å². The van der Waals surface area contributed by atoms with Gasteiger partial charge in [0.1, 0.15) is 0 Å². The van der Waals surface area contributed by atoms with Crippen LogP contribution in [0.15, 0.2) is 24.3 Å². The van der Waals surface area contributed by atoms with Crippen molar-refractivity contribution < 1.29 is 9.53 Å². The fourth-order valence-corrected chi connectivity index (χ4v) is 3.40. The second-order valence-electron chi connectivity index (χ2n) is 5.52. The third kappa shape index (κ3) is 2.55. The van der Waals surface area contributed by atoms with Gasteiger partial charge in [-0.05, 0) is 24.5 Å². The van der Waals surface area contributed by atoms with Gasteiger partial charge in [-0.25, -0.2) is 0 Å². The first-order valence-corrected chi connectivity index (χ1v) is 7.45. The van der Waals surface area contributed by atoms with Gasteiger partial charge in [0, 0.05) is 30.6 Å². The number of carbonyl (C=O) groups is 1. The molecule has 0 radical (unpaired) electrons. The fourth-order valence-electron chi connectivity index (χ4n) is 3.15. The number of ether oxygens (including phenoxy) is 1. The van der Waals surface area contributed by atoms with E-state index in [4.69, 9.17) is 22.1 Å². The molecular formula is C15H19ClN2O2. The first kappa shape index (κ1) is 13.9. The maximum absolute atomic E-state index is 12.2. The van der Waals surface area contributed by atoms with Crippen LogP contribution in [0.1, 0.15) is 30.9 Å². The molecule has 3 atom stereocenters. The van der Waals surface area contributed by atoms with Crippen molar-refractivity contribution in [2.75, 3.05) is 13.2 Å². The van der Waals surface area contributed by atoms with E-state index in [1.807, 2.05) is 29.2 Å². The van der Waals surface area contributed by atoms with Crippen LogP contribution >= 0.6 is 11.6 Å². The molecule has 2 heterocycles. The van der Waals surface area contributed by atoms with E-state index >= 15 is 0 Å². The summed E-state index contributed by atoms with van der Waals surface area (Å²) in [5.74, 6) is 0.0953. The van der Waals surface area contributed by atoms with Gasteiger partial charge < -0.3 is 15.4 Å². The van der Waals surface area contributed by atoms with Crippen LogP contribution in [0.5, 0.6) is 0 Å². The van der Waals surface area contributed by atoms with E-state index in [0.717, 1.165) is 25.0 Å². The average molecular weight is 295 g/mol. The van der Waals surface area contributed by atoms with Crippen molar-refractivity contribution in [3.63, 3.8) is 0 Å². The van der Waals surface area contributed by atoms with Gasteiger partial charge in [0.25, 0.3) is 0 Å². The quantitative estimate of drug-likeness (QED) is 0.929. The molecule has 1 amide bonds. The first-order valence-electron chi connectivity index (χ1n) is 7.08. The van der Waals surface area contributed by atoms with Gasteiger partial charge in [-0.2, -0.15) is 0 Å². The Morgan fingerprint density at radius 2 is 2.20 bits per heavy atom. The van der Waals surface area contributed by atoms with Gasteiger partial charge >= 0.3 is 0 Å². The highest BCUT2D eigenvalue weighted by Gasteiger charge is 2.40. The number of benzene rings is 1. The number of likely N-dealkylation sites (tertiary alicyclic amines) is 1. The number of halogens is 1. The Morgan fingerprint density at radius 3 is 2.90 bits per heavy atom. The van der Waals surface area contributed by atoms with Crippen LogP contribution in [0.25, 0.3) is 0 Å². The zero-order valence-corrected chi connectivity index (χ0v) is 12.1. The molecule has 5 heteroatoms. The van der Waals surface area contributed by atoms with Gasteiger partial charge in [0.05, 0.1) is 12.1 Å². The second-order valence-corrected chi connectivity index (χ2v) is 5.92. The van der Waals surface area contributed by atoms with Crippen molar-refractivity contribution in [2.24, 2.45) is 5.73 Å². The molecule has 1 aromatic carbocycles. The first-order chi connectivity index (χ1) is 9.66. The minimum atomic E-state index is -0.205. The Kier molecular flexibility index (Phi) is 3.96. The van der Waals surface area contributed by atoms with Gasteiger partial charge in [-0.3, -0.25) is 4.79 Å². The lowest BCUT2D eigenvalue weighted by molar-refractivity contribution is -0.130. The number of carbonyl (C=O) groups excluding carboxylic acids is 1. The summed E-state index contributed by atoms with van der Waals surface area (Å²) in [6.45, 7) is 1.40. The molecule has 2 aliphatic heterocycles. The van der Waals surface area contributed by atoms with Crippen molar-refractivity contribution in [1.82, 2.24) is 4.90 Å². The second kappa shape index (κ2) is 5.72. The highest BCUT2D eigenvalue weighted by Crippen LogP contribution is 2.36. The van der Waals surface area contributed by atoms with Crippen LogP contribution < -0.4 is 5.73 Å². The zero-order valence-electron chi connectivity index (χ0n) is 11.3. The summed E-state index contributed by atoms with van der Waals surface area (Å²) < 4.78 is 5.65. The molecule has 0 bridgehead atoms. The lowest BCUT2D eigenvalue weighted by Crippen LogP contribution is -2.38. The van der Waals surface area contributed by atoms with Crippen molar-refractivity contribution in [3.8, 4) is 0 Å². The molecule has 0 aliphatic carbocycles. The Bertz CT molecular complexity index is 502. The zero-order chi connectivity index (χ0) is 14.1. The summed E-state index contributed by atoms with van der Waals surface area (Å²) in [5.41, 5.74) is 7.11. The molecule has 3 rings (SSSR count). The van der Waals surface area contributed by atoms with E-state index in [1.165, 1.54) is 0 Å². The molecule has 2 saturated heterocycles. The molecular weight excluding hydrogens is 276 g/mol. The number of amides is 1. The molecule has 3 unspecified atom stereocenters. The minimum Gasteiger partial charge on any atom is -0.376 e. The summed E-state index contributed by atoms with van der Waals surface area (Å²) in [7, 11) is 0. The largest absolute Gasteiger partial charge is 0.376 e. The molecule has 0 aromatic heterocycles. The normalized spacial score (nSPS) is 30.2. The van der Waals surface area contributed by atoms with E-state index in [9.17, 15) is 4.79 Å². The third-order valence-corrected chi connectivity index (χ3v) is 4.46. The van der Waals surface area contributed by atoms with Crippen molar-refractivity contribution in [2.45, 2.75) is 37.5 Å². The number of nitrogens with zero attached hydrogens (tertiary/aromatic N) is 1. The highest BCUT2D eigenvalue weighted by atomic mass is 35.5. The van der Waals surface area contributed by atoms with Crippen LogP contribution in [0.2, 0.25) is 5.02 Å². The van der Waals surface area contributed by atoms with Crippen LogP contribution in [-0.2, 0) is 9.53 Å². The Morgan fingerprint density at radius 1 is 1.40 bits per heavy atom. The molecule has 20 heavy (non-hydrogen) atoms. The van der Waals surface area contributed by atoms with Crippen LogP contribution in [-0.4, -0.2) is 36.1 Å². The predicted molar refractivity (Wildman–Crippen MR) is 77.5 cm³/mol. The van der Waals surface area contributed by atoms with Crippen LogP contribution in [0, 0.1) is 0 Å². The monoisotopic (exact) mass is 294 g/mol. The number of rotatable bonds is 3. The van der Waals surface area contributed by atoms with Gasteiger partial charge in [-0.1, -0.05) is 29.8 Å². The highest BCUT2D eigenvalue weighted by molar-refractivity contribution is 6.31. The van der Waals surface area contributed by atoms with Crippen LogP contribution in [0.3, 0.4) is 0 Å². The van der Waals surface area contributed by atoms with Crippen molar-refractivity contribution >= 4 is 17.5 Å². The van der Waals surface area contributed by atoms with Gasteiger partial charge in [0.2, 0.25) is 5.91 Å². The third-order valence-electron chi connectivity index (χ3n) is 4.12. The molecule has 0 saturated carbocycles. The summed E-state index contributed by atoms with van der Waals surface area (Å²) in [6, 6.07) is 7.27. The Balaban J connectivity index is 1.85.